The van der Waals surface area contributed by atoms with Crippen molar-refractivity contribution in [3.05, 3.63) is 35.4 Å². The second kappa shape index (κ2) is 6.71. The minimum absolute atomic E-state index is 0.248. The zero-order valence-electron chi connectivity index (χ0n) is 12.0. The average molecular weight is 260 g/mol. The molecule has 0 radical (unpaired) electrons. The fourth-order valence-electron chi connectivity index (χ4n) is 2.40. The van der Waals surface area contributed by atoms with Gasteiger partial charge in [-0.15, -0.1) is 0 Å². The zero-order valence-corrected chi connectivity index (χ0v) is 12.0. The molecule has 0 spiro atoms. The second-order valence-corrected chi connectivity index (χ2v) is 5.36. The van der Waals surface area contributed by atoms with E-state index in [4.69, 9.17) is 0 Å². The van der Waals surface area contributed by atoms with E-state index in [0.29, 0.717) is 12.3 Å². The van der Waals surface area contributed by atoms with Crippen LogP contribution in [0.5, 0.6) is 0 Å². The van der Waals surface area contributed by atoms with Crippen LogP contribution in [0.3, 0.4) is 0 Å². The van der Waals surface area contributed by atoms with Gasteiger partial charge in [0.15, 0.2) is 0 Å². The fourth-order valence-corrected chi connectivity index (χ4v) is 2.40. The molecule has 1 N–H and O–H groups in total. The molecule has 1 aromatic rings. The number of hydrogen-bond donors (Lipinski definition) is 1. The molecule has 2 rings (SSSR count). The SMILES string of the molecule is CCC(C)c1ccc(CC(=O)N2CCNCC2)cc1. The molecule has 1 heterocycles. The van der Waals surface area contributed by atoms with Gasteiger partial charge < -0.3 is 10.2 Å². The maximum Gasteiger partial charge on any atom is 0.227 e. The van der Waals surface area contributed by atoms with Gasteiger partial charge in [0.25, 0.3) is 0 Å². The quantitative estimate of drug-likeness (QED) is 0.900. The predicted octanol–water partition coefficient (Wildman–Crippen LogP) is 2.17. The van der Waals surface area contributed by atoms with Crippen LogP contribution in [0.2, 0.25) is 0 Å². The van der Waals surface area contributed by atoms with Crippen molar-refractivity contribution < 1.29 is 4.79 Å². The van der Waals surface area contributed by atoms with Gasteiger partial charge in [0.2, 0.25) is 5.91 Å². The summed E-state index contributed by atoms with van der Waals surface area (Å²) in [6.45, 7) is 7.94. The molecular formula is C16H24N2O. The smallest absolute Gasteiger partial charge is 0.227 e. The number of piperazine rings is 1. The molecule has 0 bridgehead atoms. The first-order chi connectivity index (χ1) is 9.20. The zero-order chi connectivity index (χ0) is 13.7. The van der Waals surface area contributed by atoms with Crippen LogP contribution in [0, 0.1) is 0 Å². The van der Waals surface area contributed by atoms with Gasteiger partial charge in [-0.2, -0.15) is 0 Å². The van der Waals surface area contributed by atoms with E-state index >= 15 is 0 Å². The van der Waals surface area contributed by atoms with Gasteiger partial charge in [-0.05, 0) is 23.5 Å². The minimum atomic E-state index is 0.248. The summed E-state index contributed by atoms with van der Waals surface area (Å²) in [5.74, 6) is 0.843. The van der Waals surface area contributed by atoms with E-state index in [9.17, 15) is 4.79 Å². The van der Waals surface area contributed by atoms with E-state index in [1.807, 2.05) is 4.90 Å². The van der Waals surface area contributed by atoms with E-state index in [-0.39, 0.29) is 5.91 Å². The van der Waals surface area contributed by atoms with E-state index in [0.717, 1.165) is 38.2 Å². The number of carbonyl (C=O) groups excluding carboxylic acids is 1. The summed E-state index contributed by atoms with van der Waals surface area (Å²) in [6, 6.07) is 8.52. The number of carbonyl (C=O) groups is 1. The maximum atomic E-state index is 12.1. The number of amides is 1. The third-order valence-corrected chi connectivity index (χ3v) is 3.99. The summed E-state index contributed by atoms with van der Waals surface area (Å²) in [5.41, 5.74) is 2.48. The van der Waals surface area contributed by atoms with Crippen LogP contribution in [0.1, 0.15) is 37.3 Å². The minimum Gasteiger partial charge on any atom is -0.340 e. The first-order valence-electron chi connectivity index (χ1n) is 7.28. The molecule has 3 heteroatoms. The van der Waals surface area contributed by atoms with E-state index in [1.165, 1.54) is 5.56 Å². The molecule has 0 saturated carbocycles. The van der Waals surface area contributed by atoms with Crippen molar-refractivity contribution in [1.29, 1.82) is 0 Å². The Balaban J connectivity index is 1.93. The lowest BCUT2D eigenvalue weighted by Gasteiger charge is -2.27. The van der Waals surface area contributed by atoms with Gasteiger partial charge in [-0.1, -0.05) is 38.1 Å². The van der Waals surface area contributed by atoms with Gasteiger partial charge in [-0.25, -0.2) is 0 Å². The summed E-state index contributed by atoms with van der Waals surface area (Å²) < 4.78 is 0. The van der Waals surface area contributed by atoms with Gasteiger partial charge in [-0.3, -0.25) is 4.79 Å². The standard InChI is InChI=1S/C16H24N2O/c1-3-13(2)15-6-4-14(5-7-15)12-16(19)18-10-8-17-9-11-18/h4-7,13,17H,3,8-12H2,1-2H3. The number of nitrogens with zero attached hydrogens (tertiary/aromatic N) is 1. The largest absolute Gasteiger partial charge is 0.340 e. The lowest BCUT2D eigenvalue weighted by Crippen LogP contribution is -2.46. The highest BCUT2D eigenvalue weighted by atomic mass is 16.2. The van der Waals surface area contributed by atoms with E-state index in [2.05, 4.69) is 43.4 Å². The first kappa shape index (κ1) is 14.1. The monoisotopic (exact) mass is 260 g/mol. The fraction of sp³-hybridized carbons (Fsp3) is 0.562. The Morgan fingerprint density at radius 3 is 2.47 bits per heavy atom. The molecule has 19 heavy (non-hydrogen) atoms. The number of nitrogens with one attached hydrogen (secondary N) is 1. The van der Waals surface area contributed by atoms with Crippen molar-refractivity contribution in [2.24, 2.45) is 0 Å². The third kappa shape index (κ3) is 3.80. The highest BCUT2D eigenvalue weighted by Crippen LogP contribution is 2.19. The highest BCUT2D eigenvalue weighted by Gasteiger charge is 2.16. The highest BCUT2D eigenvalue weighted by molar-refractivity contribution is 5.78. The molecule has 1 aliphatic heterocycles. The van der Waals surface area contributed by atoms with Crippen LogP contribution in [-0.2, 0) is 11.2 Å². The van der Waals surface area contributed by atoms with Crippen molar-refractivity contribution in [3.8, 4) is 0 Å². The normalized spacial score (nSPS) is 17.3. The van der Waals surface area contributed by atoms with Crippen LogP contribution in [-0.4, -0.2) is 37.0 Å². The molecule has 1 atom stereocenters. The molecule has 1 aliphatic rings. The maximum absolute atomic E-state index is 12.1. The molecule has 1 aromatic carbocycles. The Kier molecular flexibility index (Phi) is 4.97. The van der Waals surface area contributed by atoms with Gasteiger partial charge in [0.05, 0.1) is 6.42 Å². The van der Waals surface area contributed by atoms with Gasteiger partial charge in [0.1, 0.15) is 0 Å². The van der Waals surface area contributed by atoms with Crippen molar-refractivity contribution in [2.45, 2.75) is 32.6 Å². The van der Waals surface area contributed by atoms with Crippen LogP contribution < -0.4 is 5.32 Å². The third-order valence-electron chi connectivity index (χ3n) is 3.99. The number of rotatable bonds is 4. The Labute approximate surface area is 116 Å². The summed E-state index contributed by atoms with van der Waals surface area (Å²) >= 11 is 0. The average Bonchev–Trinajstić information content (AvgIpc) is 2.48. The molecule has 3 nitrogen and oxygen atoms in total. The summed E-state index contributed by atoms with van der Waals surface area (Å²) in [4.78, 5) is 14.1. The van der Waals surface area contributed by atoms with Gasteiger partial charge in [0, 0.05) is 26.2 Å². The first-order valence-corrected chi connectivity index (χ1v) is 7.28. The molecule has 0 aromatic heterocycles. The topological polar surface area (TPSA) is 32.3 Å². The molecule has 1 saturated heterocycles. The summed E-state index contributed by atoms with van der Waals surface area (Å²) in [7, 11) is 0. The summed E-state index contributed by atoms with van der Waals surface area (Å²) in [6.07, 6.45) is 1.68. The van der Waals surface area contributed by atoms with Gasteiger partial charge >= 0.3 is 0 Å². The molecule has 1 amide bonds. The Morgan fingerprint density at radius 2 is 1.89 bits per heavy atom. The lowest BCUT2D eigenvalue weighted by atomic mass is 9.97. The van der Waals surface area contributed by atoms with Crippen molar-refractivity contribution >= 4 is 5.91 Å². The van der Waals surface area contributed by atoms with Crippen LogP contribution >= 0.6 is 0 Å². The second-order valence-electron chi connectivity index (χ2n) is 5.36. The molecule has 104 valence electrons. The van der Waals surface area contributed by atoms with E-state index in [1.54, 1.807) is 0 Å². The lowest BCUT2D eigenvalue weighted by molar-refractivity contribution is -0.131. The number of hydrogen-bond acceptors (Lipinski definition) is 2. The van der Waals surface area contributed by atoms with Crippen molar-refractivity contribution in [1.82, 2.24) is 10.2 Å². The van der Waals surface area contributed by atoms with Crippen LogP contribution in [0.25, 0.3) is 0 Å². The van der Waals surface area contributed by atoms with Crippen molar-refractivity contribution in [2.75, 3.05) is 26.2 Å². The van der Waals surface area contributed by atoms with Crippen LogP contribution in [0.4, 0.5) is 0 Å². The Bertz CT molecular complexity index is 407. The Morgan fingerprint density at radius 1 is 1.26 bits per heavy atom. The molecule has 1 fully saturated rings. The predicted molar refractivity (Wildman–Crippen MR) is 78.3 cm³/mol. The molecule has 0 aliphatic carbocycles. The molecule has 1 unspecified atom stereocenters. The Hall–Kier alpha value is -1.35. The summed E-state index contributed by atoms with van der Waals surface area (Å²) in [5, 5.41) is 3.27. The number of benzene rings is 1. The van der Waals surface area contributed by atoms with Crippen LogP contribution in [0.15, 0.2) is 24.3 Å². The van der Waals surface area contributed by atoms with E-state index < -0.39 is 0 Å². The molecular weight excluding hydrogens is 236 g/mol. The van der Waals surface area contributed by atoms with Crippen molar-refractivity contribution in [3.63, 3.8) is 0 Å².